The molecule has 2 aromatic rings. The van der Waals surface area contributed by atoms with Crippen molar-refractivity contribution in [1.82, 2.24) is 14.7 Å². The number of pyridine rings is 1. The van der Waals surface area contributed by atoms with Crippen molar-refractivity contribution in [2.24, 2.45) is 0 Å². The summed E-state index contributed by atoms with van der Waals surface area (Å²) in [5.74, 6) is 0.160. The van der Waals surface area contributed by atoms with Gasteiger partial charge in [0.05, 0.1) is 17.6 Å². The standard InChI is InChI=1S/C18H24N4O3S2/c1-10(2)15-13(8-11-6-5-7-12(11)20-15)21-17(23)22-27(25)14-9-19-16(26-14)18(3,4)24/h8-10,24H,5-7H2,1-4H3,(H2,21,22,23). The van der Waals surface area contributed by atoms with Crippen molar-refractivity contribution in [3.05, 3.63) is 34.2 Å². The second kappa shape index (κ2) is 7.75. The monoisotopic (exact) mass is 408 g/mol. The molecular weight excluding hydrogens is 384 g/mol. The minimum atomic E-state index is -1.76. The minimum Gasteiger partial charge on any atom is -0.587 e. The molecule has 0 spiro atoms. The summed E-state index contributed by atoms with van der Waals surface area (Å²) < 4.78 is 15.2. The van der Waals surface area contributed by atoms with Crippen molar-refractivity contribution in [1.29, 1.82) is 0 Å². The molecule has 146 valence electrons. The fourth-order valence-corrected chi connectivity index (χ4v) is 4.72. The van der Waals surface area contributed by atoms with Crippen LogP contribution in [0.4, 0.5) is 10.5 Å². The molecule has 0 radical (unpaired) electrons. The van der Waals surface area contributed by atoms with E-state index >= 15 is 0 Å². The van der Waals surface area contributed by atoms with Crippen LogP contribution in [0.5, 0.6) is 0 Å². The summed E-state index contributed by atoms with van der Waals surface area (Å²) in [7, 11) is 0. The maximum atomic E-state index is 12.4. The van der Waals surface area contributed by atoms with Crippen LogP contribution in [0.2, 0.25) is 0 Å². The van der Waals surface area contributed by atoms with Crippen LogP contribution in [0.25, 0.3) is 0 Å². The van der Waals surface area contributed by atoms with Crippen LogP contribution in [0.3, 0.4) is 0 Å². The Morgan fingerprint density at radius 2 is 2.15 bits per heavy atom. The third-order valence-corrected chi connectivity index (χ3v) is 6.90. The number of hydrogen-bond acceptors (Lipinski definition) is 6. The van der Waals surface area contributed by atoms with Gasteiger partial charge < -0.3 is 15.0 Å². The number of carbonyl (C=O) groups is 1. The van der Waals surface area contributed by atoms with E-state index in [9.17, 15) is 14.5 Å². The van der Waals surface area contributed by atoms with Gasteiger partial charge in [-0.1, -0.05) is 25.2 Å². The summed E-state index contributed by atoms with van der Waals surface area (Å²) in [4.78, 5) is 21.2. The Hall–Kier alpha value is -1.68. The molecule has 2 heterocycles. The van der Waals surface area contributed by atoms with Crippen LogP contribution in [0.1, 0.15) is 62.0 Å². The SMILES string of the molecule is CC(C)c1nc2c(cc1NC(=O)N[S+]([O-])c1cnc(C(C)(C)O)s1)CCC2. The van der Waals surface area contributed by atoms with Gasteiger partial charge in [-0.15, -0.1) is 4.72 Å². The number of anilines is 1. The zero-order chi connectivity index (χ0) is 19.8. The number of nitrogens with one attached hydrogen (secondary N) is 2. The molecule has 0 aliphatic heterocycles. The van der Waals surface area contributed by atoms with Gasteiger partial charge in [0, 0.05) is 5.69 Å². The van der Waals surface area contributed by atoms with Gasteiger partial charge in [-0.3, -0.25) is 4.98 Å². The van der Waals surface area contributed by atoms with Crippen molar-refractivity contribution in [3.8, 4) is 0 Å². The molecule has 2 aromatic heterocycles. The molecule has 2 amide bonds. The van der Waals surface area contributed by atoms with Gasteiger partial charge in [-0.05, 0) is 50.7 Å². The number of fused-ring (bicyclic) bond motifs is 1. The highest BCUT2D eigenvalue weighted by Crippen LogP contribution is 2.30. The average Bonchev–Trinajstić information content (AvgIpc) is 3.22. The number of aliphatic hydroxyl groups is 1. The molecule has 7 nitrogen and oxygen atoms in total. The van der Waals surface area contributed by atoms with Gasteiger partial charge in [-0.2, -0.15) is 0 Å². The van der Waals surface area contributed by atoms with E-state index in [0.717, 1.165) is 47.6 Å². The number of carbonyl (C=O) groups excluding carboxylic acids is 1. The summed E-state index contributed by atoms with van der Waals surface area (Å²) in [6, 6.07) is 1.42. The predicted molar refractivity (Wildman–Crippen MR) is 106 cm³/mol. The third kappa shape index (κ3) is 4.60. The molecule has 0 bridgehead atoms. The fraction of sp³-hybridized carbons (Fsp3) is 0.500. The molecule has 3 N–H and O–H groups in total. The van der Waals surface area contributed by atoms with Crippen molar-refractivity contribution < 1.29 is 14.5 Å². The van der Waals surface area contributed by atoms with Crippen LogP contribution in [0.15, 0.2) is 16.5 Å². The third-order valence-electron chi connectivity index (χ3n) is 4.25. The smallest absolute Gasteiger partial charge is 0.361 e. The van der Waals surface area contributed by atoms with Gasteiger partial charge in [-0.25, -0.2) is 9.78 Å². The Morgan fingerprint density at radius 3 is 2.78 bits per heavy atom. The first-order valence-corrected chi connectivity index (χ1v) is 10.8. The maximum absolute atomic E-state index is 12.4. The number of nitrogens with zero attached hydrogens (tertiary/aromatic N) is 2. The summed E-state index contributed by atoms with van der Waals surface area (Å²) in [6.45, 7) is 7.26. The van der Waals surface area contributed by atoms with Crippen molar-refractivity contribution in [2.75, 3.05) is 5.32 Å². The molecular formula is C18H24N4O3S2. The van der Waals surface area contributed by atoms with E-state index in [4.69, 9.17) is 4.98 Å². The number of aromatic nitrogens is 2. The molecule has 9 heteroatoms. The Kier molecular flexibility index (Phi) is 5.76. The lowest BCUT2D eigenvalue weighted by Crippen LogP contribution is -2.34. The van der Waals surface area contributed by atoms with E-state index in [1.54, 1.807) is 13.8 Å². The number of aryl methyl sites for hydroxylation is 2. The summed E-state index contributed by atoms with van der Waals surface area (Å²) in [5.41, 5.74) is 2.64. The summed E-state index contributed by atoms with van der Waals surface area (Å²) in [5, 5.41) is 13.2. The zero-order valence-electron chi connectivity index (χ0n) is 15.8. The molecule has 1 aliphatic carbocycles. The van der Waals surface area contributed by atoms with Crippen molar-refractivity contribution in [3.63, 3.8) is 0 Å². The van der Waals surface area contributed by atoms with Crippen LogP contribution in [-0.2, 0) is 29.8 Å². The van der Waals surface area contributed by atoms with E-state index in [2.05, 4.69) is 15.0 Å². The molecule has 27 heavy (non-hydrogen) atoms. The Balaban J connectivity index is 1.71. The van der Waals surface area contributed by atoms with E-state index in [1.165, 1.54) is 6.20 Å². The lowest BCUT2D eigenvalue weighted by Gasteiger charge is -2.16. The molecule has 0 aromatic carbocycles. The molecule has 1 atom stereocenters. The number of hydrogen-bond donors (Lipinski definition) is 3. The van der Waals surface area contributed by atoms with E-state index in [1.807, 2.05) is 19.9 Å². The van der Waals surface area contributed by atoms with Crippen LogP contribution in [0, 0.1) is 0 Å². The van der Waals surface area contributed by atoms with Crippen LogP contribution < -0.4 is 10.0 Å². The van der Waals surface area contributed by atoms with E-state index < -0.39 is 23.0 Å². The Morgan fingerprint density at radius 1 is 1.41 bits per heavy atom. The van der Waals surface area contributed by atoms with Gasteiger partial charge in [0.1, 0.15) is 22.0 Å². The molecule has 0 saturated heterocycles. The average molecular weight is 409 g/mol. The molecule has 0 saturated carbocycles. The van der Waals surface area contributed by atoms with E-state index in [0.29, 0.717) is 14.9 Å². The number of urea groups is 1. The van der Waals surface area contributed by atoms with Gasteiger partial charge in [0.25, 0.3) is 4.21 Å². The normalized spacial score (nSPS) is 14.9. The van der Waals surface area contributed by atoms with Crippen molar-refractivity contribution >= 4 is 34.4 Å². The molecule has 3 rings (SSSR count). The van der Waals surface area contributed by atoms with Gasteiger partial charge in [0.2, 0.25) is 0 Å². The van der Waals surface area contributed by atoms with Crippen LogP contribution >= 0.6 is 11.3 Å². The lowest BCUT2D eigenvalue weighted by atomic mass is 10.1. The predicted octanol–water partition coefficient (Wildman–Crippen LogP) is 3.22. The van der Waals surface area contributed by atoms with E-state index in [-0.39, 0.29) is 5.92 Å². The van der Waals surface area contributed by atoms with Crippen LogP contribution in [-0.4, -0.2) is 25.7 Å². The first-order chi connectivity index (χ1) is 12.6. The van der Waals surface area contributed by atoms with Gasteiger partial charge >= 0.3 is 6.03 Å². The summed E-state index contributed by atoms with van der Waals surface area (Å²) >= 11 is -0.651. The highest BCUT2D eigenvalue weighted by Gasteiger charge is 2.26. The maximum Gasteiger partial charge on any atom is 0.361 e. The largest absolute Gasteiger partial charge is 0.587 e. The quantitative estimate of drug-likeness (QED) is 0.658. The second-order valence-corrected chi connectivity index (χ2v) is 9.87. The molecule has 1 aliphatic rings. The highest BCUT2D eigenvalue weighted by molar-refractivity contribution is 7.92. The topological polar surface area (TPSA) is 110 Å². The summed E-state index contributed by atoms with van der Waals surface area (Å²) in [6.07, 6.45) is 4.42. The van der Waals surface area contributed by atoms with Gasteiger partial charge in [0.15, 0.2) is 0 Å². The Labute approximate surface area is 165 Å². The number of thiazole rings is 1. The number of rotatable bonds is 5. The Bertz CT molecular complexity index is 846. The molecule has 1 unspecified atom stereocenters. The minimum absolute atomic E-state index is 0.160. The van der Waals surface area contributed by atoms with Crippen molar-refractivity contribution in [2.45, 2.75) is 62.7 Å². The molecule has 0 fully saturated rings. The first kappa shape index (κ1) is 20.1. The fourth-order valence-electron chi connectivity index (χ4n) is 2.94. The highest BCUT2D eigenvalue weighted by atomic mass is 32.2. The second-order valence-electron chi connectivity index (χ2n) is 7.40. The zero-order valence-corrected chi connectivity index (χ0v) is 17.5. The first-order valence-electron chi connectivity index (χ1n) is 8.86. The number of amides is 2. The lowest BCUT2D eigenvalue weighted by molar-refractivity contribution is 0.0783.